The summed E-state index contributed by atoms with van der Waals surface area (Å²) in [6, 6.07) is 13.7. The van der Waals surface area contributed by atoms with Gasteiger partial charge in [0, 0.05) is 29.2 Å². The number of carbonyl (C=O) groups excluding carboxylic acids is 1. The van der Waals surface area contributed by atoms with Gasteiger partial charge in [-0.2, -0.15) is 4.98 Å². The molecule has 1 fully saturated rings. The molecule has 1 atom stereocenters. The summed E-state index contributed by atoms with van der Waals surface area (Å²) in [7, 11) is 0. The molecule has 0 N–H and O–H groups in total. The van der Waals surface area contributed by atoms with Gasteiger partial charge >= 0.3 is 0 Å². The van der Waals surface area contributed by atoms with E-state index in [2.05, 4.69) is 29.2 Å². The number of rotatable bonds is 4. The molecule has 1 aliphatic rings. The number of hydrogen-bond donors (Lipinski definition) is 0. The minimum Gasteiger partial charge on any atom is -0.339 e. The molecule has 0 radical (unpaired) electrons. The maximum Gasteiger partial charge on any atom is 0.232 e. The minimum atomic E-state index is -0.118. The Balaban J connectivity index is 1.56. The second kappa shape index (κ2) is 7.16. The number of benzene rings is 2. The van der Waals surface area contributed by atoms with Crippen molar-refractivity contribution in [2.45, 2.75) is 32.6 Å². The molecule has 1 aromatic heterocycles. The summed E-state index contributed by atoms with van der Waals surface area (Å²) in [6.07, 6.45) is 1.34. The van der Waals surface area contributed by atoms with Crippen molar-refractivity contribution in [3.63, 3.8) is 0 Å². The van der Waals surface area contributed by atoms with Gasteiger partial charge in [-0.05, 0) is 36.6 Å². The van der Waals surface area contributed by atoms with Crippen LogP contribution in [0.1, 0.15) is 36.3 Å². The summed E-state index contributed by atoms with van der Waals surface area (Å²) in [6.45, 7) is 4.60. The highest BCUT2D eigenvalue weighted by Crippen LogP contribution is 2.34. The van der Waals surface area contributed by atoms with E-state index in [0.29, 0.717) is 29.7 Å². The van der Waals surface area contributed by atoms with E-state index in [-0.39, 0.29) is 11.8 Å². The molecule has 2 heterocycles. The van der Waals surface area contributed by atoms with E-state index in [1.807, 2.05) is 37.3 Å². The summed E-state index contributed by atoms with van der Waals surface area (Å²) in [5, 5.41) is 4.72. The molecule has 1 aliphatic heterocycles. The predicted molar refractivity (Wildman–Crippen MR) is 105 cm³/mol. The van der Waals surface area contributed by atoms with E-state index in [9.17, 15) is 4.79 Å². The van der Waals surface area contributed by atoms with Crippen LogP contribution in [-0.4, -0.2) is 22.6 Å². The zero-order chi connectivity index (χ0) is 19.0. The number of aromatic nitrogens is 2. The first-order valence-electron chi connectivity index (χ1n) is 9.04. The number of anilines is 1. The lowest BCUT2D eigenvalue weighted by Crippen LogP contribution is -2.25. The normalized spacial score (nSPS) is 16.9. The van der Waals surface area contributed by atoms with E-state index in [1.54, 1.807) is 4.90 Å². The topological polar surface area (TPSA) is 59.2 Å². The van der Waals surface area contributed by atoms with Gasteiger partial charge < -0.3 is 9.42 Å². The van der Waals surface area contributed by atoms with Crippen LogP contribution in [0.2, 0.25) is 5.02 Å². The summed E-state index contributed by atoms with van der Waals surface area (Å²) in [4.78, 5) is 18.9. The molecule has 3 aromatic rings. The van der Waals surface area contributed by atoms with E-state index in [4.69, 9.17) is 16.1 Å². The third kappa shape index (κ3) is 3.47. The molecular formula is C21H20ClN3O2. The third-order valence-corrected chi connectivity index (χ3v) is 5.23. The Morgan fingerprint density at radius 2 is 2.00 bits per heavy atom. The van der Waals surface area contributed by atoms with Crippen molar-refractivity contribution in [3.05, 3.63) is 64.5 Å². The second-order valence-corrected chi connectivity index (χ2v) is 7.28. The fraction of sp³-hybridized carbons (Fsp3) is 0.286. The Morgan fingerprint density at radius 3 is 2.74 bits per heavy atom. The molecule has 27 heavy (non-hydrogen) atoms. The quantitative estimate of drug-likeness (QED) is 0.652. The van der Waals surface area contributed by atoms with Gasteiger partial charge in [-0.3, -0.25) is 4.79 Å². The predicted octanol–water partition coefficient (Wildman–Crippen LogP) is 4.78. The highest BCUT2D eigenvalue weighted by molar-refractivity contribution is 6.31. The molecule has 6 heteroatoms. The monoisotopic (exact) mass is 381 g/mol. The second-order valence-electron chi connectivity index (χ2n) is 6.84. The zero-order valence-electron chi connectivity index (χ0n) is 15.3. The highest BCUT2D eigenvalue weighted by Gasteiger charge is 2.35. The lowest BCUT2D eigenvalue weighted by atomic mass is 10.1. The van der Waals surface area contributed by atoms with Crippen LogP contribution in [0.3, 0.4) is 0 Å². The molecule has 0 saturated carbocycles. The standard InChI is InChI=1S/C21H20ClN3O2/c1-3-14-5-7-15(8-6-14)20-23-21(27-24-20)16-10-19(26)25(12-16)18-11-17(22)9-4-13(18)2/h4-9,11,16H,3,10,12H2,1-2H3. The lowest BCUT2D eigenvalue weighted by Gasteiger charge is -2.18. The van der Waals surface area contributed by atoms with Crippen LogP contribution in [0.4, 0.5) is 5.69 Å². The first-order valence-corrected chi connectivity index (χ1v) is 9.42. The van der Waals surface area contributed by atoms with Gasteiger partial charge in [0.15, 0.2) is 0 Å². The Morgan fingerprint density at radius 1 is 1.22 bits per heavy atom. The van der Waals surface area contributed by atoms with Gasteiger partial charge in [0.05, 0.1) is 5.92 Å². The van der Waals surface area contributed by atoms with Gasteiger partial charge in [0.2, 0.25) is 17.6 Å². The van der Waals surface area contributed by atoms with Crippen molar-refractivity contribution in [2.75, 3.05) is 11.4 Å². The van der Waals surface area contributed by atoms with Crippen molar-refractivity contribution in [3.8, 4) is 11.4 Å². The lowest BCUT2D eigenvalue weighted by molar-refractivity contribution is -0.117. The number of halogens is 1. The average molecular weight is 382 g/mol. The van der Waals surface area contributed by atoms with E-state index >= 15 is 0 Å². The number of hydrogen-bond acceptors (Lipinski definition) is 4. The van der Waals surface area contributed by atoms with Crippen molar-refractivity contribution in [1.29, 1.82) is 0 Å². The van der Waals surface area contributed by atoms with Gasteiger partial charge in [-0.1, -0.05) is 54.0 Å². The van der Waals surface area contributed by atoms with E-state index in [1.165, 1.54) is 5.56 Å². The molecular weight excluding hydrogens is 362 g/mol. The fourth-order valence-electron chi connectivity index (χ4n) is 3.39. The third-order valence-electron chi connectivity index (χ3n) is 5.00. The van der Waals surface area contributed by atoms with E-state index in [0.717, 1.165) is 23.2 Å². The van der Waals surface area contributed by atoms with E-state index < -0.39 is 0 Å². The fourth-order valence-corrected chi connectivity index (χ4v) is 3.55. The Kier molecular flexibility index (Phi) is 4.70. The molecule has 1 amide bonds. The van der Waals surface area contributed by atoms with Crippen LogP contribution in [0.15, 0.2) is 47.0 Å². The van der Waals surface area contributed by atoms with Crippen molar-refractivity contribution in [2.24, 2.45) is 0 Å². The number of nitrogens with zero attached hydrogens (tertiary/aromatic N) is 3. The average Bonchev–Trinajstić information content (AvgIpc) is 3.31. The first kappa shape index (κ1) is 17.7. The Labute approximate surface area is 163 Å². The Hall–Kier alpha value is -2.66. The maximum atomic E-state index is 12.6. The van der Waals surface area contributed by atoms with Crippen LogP contribution in [-0.2, 0) is 11.2 Å². The summed E-state index contributed by atoms with van der Waals surface area (Å²) < 4.78 is 5.48. The van der Waals surface area contributed by atoms with Crippen LogP contribution in [0.5, 0.6) is 0 Å². The van der Waals surface area contributed by atoms with Gasteiger partial charge in [-0.15, -0.1) is 0 Å². The number of carbonyl (C=O) groups is 1. The van der Waals surface area contributed by atoms with Gasteiger partial charge in [0.25, 0.3) is 0 Å². The molecule has 2 aromatic carbocycles. The van der Waals surface area contributed by atoms with Gasteiger partial charge in [0.1, 0.15) is 0 Å². The number of amides is 1. The van der Waals surface area contributed by atoms with Crippen molar-refractivity contribution >= 4 is 23.2 Å². The molecule has 1 saturated heterocycles. The van der Waals surface area contributed by atoms with Crippen LogP contribution in [0.25, 0.3) is 11.4 Å². The molecule has 138 valence electrons. The van der Waals surface area contributed by atoms with Crippen LogP contribution in [0, 0.1) is 6.92 Å². The van der Waals surface area contributed by atoms with Crippen LogP contribution < -0.4 is 4.90 Å². The zero-order valence-corrected chi connectivity index (χ0v) is 16.0. The van der Waals surface area contributed by atoms with Gasteiger partial charge in [-0.25, -0.2) is 0 Å². The van der Waals surface area contributed by atoms with Crippen molar-refractivity contribution < 1.29 is 9.32 Å². The Bertz CT molecular complexity index is 981. The molecule has 0 spiro atoms. The van der Waals surface area contributed by atoms with Crippen molar-refractivity contribution in [1.82, 2.24) is 10.1 Å². The highest BCUT2D eigenvalue weighted by atomic mass is 35.5. The molecule has 5 nitrogen and oxygen atoms in total. The van der Waals surface area contributed by atoms with Crippen LogP contribution >= 0.6 is 11.6 Å². The number of aryl methyl sites for hydroxylation is 2. The SMILES string of the molecule is CCc1ccc(-c2noc(C3CC(=O)N(c4cc(Cl)ccc4C)C3)n2)cc1. The maximum absolute atomic E-state index is 12.6. The summed E-state index contributed by atoms with van der Waals surface area (Å²) in [5.74, 6) is 0.974. The minimum absolute atomic E-state index is 0.0393. The molecule has 0 bridgehead atoms. The largest absolute Gasteiger partial charge is 0.339 e. The molecule has 1 unspecified atom stereocenters. The molecule has 0 aliphatic carbocycles. The summed E-state index contributed by atoms with van der Waals surface area (Å²) in [5.41, 5.74) is 4.02. The first-order chi connectivity index (χ1) is 13.0. The summed E-state index contributed by atoms with van der Waals surface area (Å²) >= 11 is 6.11. The smallest absolute Gasteiger partial charge is 0.232 e. The molecule has 4 rings (SSSR count).